The Hall–Kier alpha value is -1.77. The van der Waals surface area contributed by atoms with Crippen LogP contribution >= 0.6 is 11.6 Å². The van der Waals surface area contributed by atoms with E-state index in [0.717, 1.165) is 5.69 Å². The molecule has 108 valence electrons. The molecule has 20 heavy (non-hydrogen) atoms. The van der Waals surface area contributed by atoms with E-state index in [2.05, 4.69) is 10.8 Å². The smallest absolute Gasteiger partial charge is 0.307 e. The van der Waals surface area contributed by atoms with Gasteiger partial charge in [-0.1, -0.05) is 11.6 Å². The Morgan fingerprint density at radius 1 is 1.40 bits per heavy atom. The molecular formula is C14H17ClN2O3. The van der Waals surface area contributed by atoms with Crippen molar-refractivity contribution in [2.24, 2.45) is 0 Å². The SMILES string of the molecule is COCCN(CCC(=O)OC)c1ccc(Cl)cc1C#N. The van der Waals surface area contributed by atoms with Crippen LogP contribution in [0.4, 0.5) is 5.69 Å². The first kappa shape index (κ1) is 16.3. The van der Waals surface area contributed by atoms with Gasteiger partial charge in [-0.2, -0.15) is 5.26 Å². The number of rotatable bonds is 7. The number of hydrogen-bond acceptors (Lipinski definition) is 5. The quantitative estimate of drug-likeness (QED) is 0.722. The Balaban J connectivity index is 2.92. The van der Waals surface area contributed by atoms with E-state index in [4.69, 9.17) is 16.3 Å². The molecule has 0 aromatic heterocycles. The normalized spacial score (nSPS) is 9.90. The third kappa shape index (κ3) is 4.72. The number of esters is 1. The molecule has 0 aliphatic carbocycles. The molecule has 0 fully saturated rings. The van der Waals surface area contributed by atoms with Crippen LogP contribution in [0.2, 0.25) is 5.02 Å². The predicted octanol–water partition coefficient (Wildman–Crippen LogP) is 2.23. The van der Waals surface area contributed by atoms with Crippen molar-refractivity contribution in [2.75, 3.05) is 38.8 Å². The van der Waals surface area contributed by atoms with E-state index < -0.39 is 0 Å². The summed E-state index contributed by atoms with van der Waals surface area (Å²) in [6.45, 7) is 1.52. The maximum atomic E-state index is 11.3. The molecule has 0 N–H and O–H groups in total. The molecule has 0 spiro atoms. The molecule has 1 aromatic rings. The van der Waals surface area contributed by atoms with Crippen molar-refractivity contribution in [3.05, 3.63) is 28.8 Å². The molecule has 0 heterocycles. The highest BCUT2D eigenvalue weighted by Gasteiger charge is 2.13. The summed E-state index contributed by atoms with van der Waals surface area (Å²) in [6.07, 6.45) is 0.244. The molecule has 5 nitrogen and oxygen atoms in total. The molecule has 0 atom stereocenters. The van der Waals surface area contributed by atoms with Gasteiger partial charge in [0.15, 0.2) is 0 Å². The summed E-state index contributed by atoms with van der Waals surface area (Å²) < 4.78 is 9.69. The lowest BCUT2D eigenvalue weighted by Gasteiger charge is -2.25. The molecular weight excluding hydrogens is 280 g/mol. The molecule has 0 saturated heterocycles. The van der Waals surface area contributed by atoms with Gasteiger partial charge in [-0.15, -0.1) is 0 Å². The first-order valence-corrected chi connectivity index (χ1v) is 6.50. The van der Waals surface area contributed by atoms with Crippen LogP contribution in [-0.2, 0) is 14.3 Å². The van der Waals surface area contributed by atoms with Crippen molar-refractivity contribution >= 4 is 23.3 Å². The number of benzene rings is 1. The first-order valence-electron chi connectivity index (χ1n) is 6.12. The largest absolute Gasteiger partial charge is 0.469 e. The monoisotopic (exact) mass is 296 g/mol. The van der Waals surface area contributed by atoms with E-state index in [9.17, 15) is 10.1 Å². The Labute approximate surface area is 123 Å². The summed E-state index contributed by atoms with van der Waals surface area (Å²) in [5, 5.41) is 9.69. The van der Waals surface area contributed by atoms with Gasteiger partial charge in [-0.25, -0.2) is 0 Å². The third-order valence-corrected chi connectivity index (χ3v) is 3.03. The molecule has 0 radical (unpaired) electrons. The summed E-state index contributed by atoms with van der Waals surface area (Å²) in [5.74, 6) is -0.292. The third-order valence-electron chi connectivity index (χ3n) is 2.80. The highest BCUT2D eigenvalue weighted by molar-refractivity contribution is 6.30. The maximum absolute atomic E-state index is 11.3. The molecule has 1 aromatic carbocycles. The van der Waals surface area contributed by atoms with Crippen LogP contribution in [0.3, 0.4) is 0 Å². The van der Waals surface area contributed by atoms with Crippen LogP contribution in [0, 0.1) is 11.3 Å². The van der Waals surface area contributed by atoms with Crippen molar-refractivity contribution < 1.29 is 14.3 Å². The molecule has 0 amide bonds. The number of methoxy groups -OCH3 is 2. The molecule has 6 heteroatoms. The molecule has 0 aliphatic heterocycles. The van der Waals surface area contributed by atoms with Crippen LogP contribution < -0.4 is 4.90 Å². The van der Waals surface area contributed by atoms with E-state index in [0.29, 0.717) is 30.3 Å². The van der Waals surface area contributed by atoms with E-state index in [1.54, 1.807) is 25.3 Å². The average Bonchev–Trinajstić information content (AvgIpc) is 2.47. The van der Waals surface area contributed by atoms with Crippen LogP contribution in [0.5, 0.6) is 0 Å². The second-order valence-corrected chi connectivity index (χ2v) is 4.52. The van der Waals surface area contributed by atoms with Gasteiger partial charge >= 0.3 is 5.97 Å². The van der Waals surface area contributed by atoms with E-state index in [-0.39, 0.29) is 12.4 Å². The van der Waals surface area contributed by atoms with Gasteiger partial charge < -0.3 is 14.4 Å². The standard InChI is InChI=1S/C14H17ClN2O3/c1-19-8-7-17(6-5-14(18)20-2)13-4-3-12(15)9-11(13)10-16/h3-4,9H,5-8H2,1-2H3. The van der Waals surface area contributed by atoms with Crippen molar-refractivity contribution in [2.45, 2.75) is 6.42 Å². The van der Waals surface area contributed by atoms with Crippen molar-refractivity contribution in [1.29, 1.82) is 5.26 Å². The first-order chi connectivity index (χ1) is 9.62. The summed E-state index contributed by atoms with van der Waals surface area (Å²) >= 11 is 5.89. The zero-order valence-electron chi connectivity index (χ0n) is 11.6. The van der Waals surface area contributed by atoms with E-state index in [1.807, 2.05) is 4.90 Å². The van der Waals surface area contributed by atoms with Gasteiger partial charge in [0.1, 0.15) is 6.07 Å². The number of ether oxygens (including phenoxy) is 2. The van der Waals surface area contributed by atoms with Gasteiger partial charge in [0.2, 0.25) is 0 Å². The Bertz CT molecular complexity index is 500. The van der Waals surface area contributed by atoms with Crippen LogP contribution in [0.15, 0.2) is 18.2 Å². The molecule has 0 saturated carbocycles. The number of carbonyl (C=O) groups excluding carboxylic acids is 1. The molecule has 0 aliphatic rings. The Morgan fingerprint density at radius 2 is 2.15 bits per heavy atom. The summed E-state index contributed by atoms with van der Waals surface area (Å²) in [5.41, 5.74) is 1.20. The summed E-state index contributed by atoms with van der Waals surface area (Å²) in [6, 6.07) is 7.21. The van der Waals surface area contributed by atoms with Gasteiger partial charge in [0, 0.05) is 25.2 Å². The maximum Gasteiger partial charge on any atom is 0.307 e. The number of nitrogens with zero attached hydrogens (tertiary/aromatic N) is 2. The minimum Gasteiger partial charge on any atom is -0.469 e. The minimum absolute atomic E-state index is 0.244. The second kappa shape index (κ2) is 8.41. The zero-order chi connectivity index (χ0) is 15.0. The van der Waals surface area contributed by atoms with Crippen molar-refractivity contribution in [3.8, 4) is 6.07 Å². The number of hydrogen-bond donors (Lipinski definition) is 0. The summed E-state index contributed by atoms with van der Waals surface area (Å²) in [4.78, 5) is 13.2. The highest BCUT2D eigenvalue weighted by atomic mass is 35.5. The topological polar surface area (TPSA) is 62.6 Å². The molecule has 0 bridgehead atoms. The number of nitriles is 1. The number of halogens is 1. The van der Waals surface area contributed by atoms with Crippen LogP contribution in [0.25, 0.3) is 0 Å². The van der Waals surface area contributed by atoms with Gasteiger partial charge in [-0.3, -0.25) is 4.79 Å². The fraction of sp³-hybridized carbons (Fsp3) is 0.429. The van der Waals surface area contributed by atoms with Crippen LogP contribution in [0.1, 0.15) is 12.0 Å². The summed E-state index contributed by atoms with van der Waals surface area (Å²) in [7, 11) is 2.95. The highest BCUT2D eigenvalue weighted by Crippen LogP contribution is 2.24. The van der Waals surface area contributed by atoms with Crippen molar-refractivity contribution in [3.63, 3.8) is 0 Å². The number of carbonyl (C=O) groups is 1. The van der Waals surface area contributed by atoms with Crippen LogP contribution in [-0.4, -0.2) is 39.9 Å². The lowest BCUT2D eigenvalue weighted by Crippen LogP contribution is -2.30. The average molecular weight is 297 g/mol. The minimum atomic E-state index is -0.292. The second-order valence-electron chi connectivity index (χ2n) is 4.08. The van der Waals surface area contributed by atoms with E-state index >= 15 is 0 Å². The Morgan fingerprint density at radius 3 is 2.75 bits per heavy atom. The predicted molar refractivity (Wildman–Crippen MR) is 76.9 cm³/mol. The lowest BCUT2D eigenvalue weighted by atomic mass is 10.1. The molecule has 1 rings (SSSR count). The van der Waals surface area contributed by atoms with E-state index in [1.165, 1.54) is 7.11 Å². The lowest BCUT2D eigenvalue weighted by molar-refractivity contribution is -0.140. The number of anilines is 1. The fourth-order valence-corrected chi connectivity index (χ4v) is 1.93. The van der Waals surface area contributed by atoms with Gasteiger partial charge in [-0.05, 0) is 18.2 Å². The molecule has 0 unspecified atom stereocenters. The Kier molecular flexibility index (Phi) is 6.85. The van der Waals surface area contributed by atoms with Crippen molar-refractivity contribution in [1.82, 2.24) is 0 Å². The zero-order valence-corrected chi connectivity index (χ0v) is 12.3. The fourth-order valence-electron chi connectivity index (χ4n) is 1.76. The van der Waals surface area contributed by atoms with Gasteiger partial charge in [0.25, 0.3) is 0 Å². The van der Waals surface area contributed by atoms with Gasteiger partial charge in [0.05, 0.1) is 31.4 Å².